The van der Waals surface area contributed by atoms with E-state index >= 15 is 0 Å². The topological polar surface area (TPSA) is 12.9 Å². The quantitative estimate of drug-likeness (QED) is 0.736. The number of fused-ring (bicyclic) bond motifs is 1. The Labute approximate surface area is 101 Å². The standard InChI is InChI=1S/C14H17NS/c1-5-10(4)12-13-11(7-6-8-15-13)16-14(12)9(2)3/h6-8,10H,2,5H2,1,3-4H3. The lowest BCUT2D eigenvalue weighted by Gasteiger charge is -2.10. The maximum Gasteiger partial charge on any atom is 0.0850 e. The summed E-state index contributed by atoms with van der Waals surface area (Å²) in [6.07, 6.45) is 3.02. The maximum atomic E-state index is 4.52. The summed E-state index contributed by atoms with van der Waals surface area (Å²) < 4.78 is 1.27. The van der Waals surface area contributed by atoms with Gasteiger partial charge < -0.3 is 0 Å². The van der Waals surface area contributed by atoms with E-state index in [0.29, 0.717) is 5.92 Å². The number of rotatable bonds is 3. The summed E-state index contributed by atoms with van der Waals surface area (Å²) in [6, 6.07) is 4.15. The lowest BCUT2D eigenvalue weighted by molar-refractivity contribution is 0.738. The van der Waals surface area contributed by atoms with Crippen LogP contribution in [0.4, 0.5) is 0 Å². The molecule has 0 radical (unpaired) electrons. The Bertz CT molecular complexity index is 525. The molecule has 0 N–H and O–H groups in total. The Morgan fingerprint density at radius 3 is 2.94 bits per heavy atom. The Kier molecular flexibility index (Phi) is 3.10. The molecule has 0 bridgehead atoms. The molecular weight excluding hydrogens is 214 g/mol. The van der Waals surface area contributed by atoms with Crippen LogP contribution in [0.15, 0.2) is 24.9 Å². The zero-order valence-corrected chi connectivity index (χ0v) is 10.9. The fourth-order valence-electron chi connectivity index (χ4n) is 1.93. The molecule has 0 aliphatic heterocycles. The Morgan fingerprint density at radius 2 is 2.31 bits per heavy atom. The van der Waals surface area contributed by atoms with Crippen LogP contribution in [0.25, 0.3) is 15.8 Å². The van der Waals surface area contributed by atoms with Gasteiger partial charge >= 0.3 is 0 Å². The SMILES string of the molecule is C=C(C)c1sc2cccnc2c1C(C)CC. The highest BCUT2D eigenvalue weighted by atomic mass is 32.1. The summed E-state index contributed by atoms with van der Waals surface area (Å²) >= 11 is 1.81. The van der Waals surface area contributed by atoms with E-state index in [1.54, 1.807) is 0 Å². The largest absolute Gasteiger partial charge is 0.255 e. The van der Waals surface area contributed by atoms with Gasteiger partial charge in [0.05, 0.1) is 10.2 Å². The highest BCUT2D eigenvalue weighted by Gasteiger charge is 2.17. The summed E-state index contributed by atoms with van der Waals surface area (Å²) in [4.78, 5) is 5.84. The van der Waals surface area contributed by atoms with Gasteiger partial charge in [0.15, 0.2) is 0 Å². The van der Waals surface area contributed by atoms with Crippen LogP contribution in [-0.2, 0) is 0 Å². The zero-order chi connectivity index (χ0) is 11.7. The summed E-state index contributed by atoms with van der Waals surface area (Å²) in [5.74, 6) is 0.551. The third kappa shape index (κ3) is 1.78. The molecule has 0 amide bonds. The van der Waals surface area contributed by atoms with Crippen LogP contribution >= 0.6 is 11.3 Å². The van der Waals surface area contributed by atoms with Crippen molar-refractivity contribution in [2.24, 2.45) is 0 Å². The molecule has 2 aromatic heterocycles. The predicted molar refractivity (Wildman–Crippen MR) is 73.0 cm³/mol. The molecule has 16 heavy (non-hydrogen) atoms. The molecule has 0 fully saturated rings. The molecule has 0 saturated heterocycles. The van der Waals surface area contributed by atoms with Gasteiger partial charge in [-0.05, 0) is 42.5 Å². The van der Waals surface area contributed by atoms with Crippen LogP contribution in [0.5, 0.6) is 0 Å². The molecule has 84 valence electrons. The van der Waals surface area contributed by atoms with E-state index in [1.807, 2.05) is 23.6 Å². The smallest absolute Gasteiger partial charge is 0.0850 e. The second-order valence-corrected chi connectivity index (χ2v) is 5.34. The fourth-order valence-corrected chi connectivity index (χ4v) is 3.13. The number of aromatic nitrogens is 1. The number of allylic oxidation sites excluding steroid dienone is 1. The van der Waals surface area contributed by atoms with Gasteiger partial charge in [-0.2, -0.15) is 0 Å². The van der Waals surface area contributed by atoms with Crippen molar-refractivity contribution in [1.82, 2.24) is 4.98 Å². The Balaban J connectivity index is 2.74. The van der Waals surface area contributed by atoms with E-state index in [1.165, 1.54) is 20.7 Å². The first-order valence-electron chi connectivity index (χ1n) is 5.68. The molecule has 1 unspecified atom stereocenters. The summed E-state index contributed by atoms with van der Waals surface area (Å²) in [7, 11) is 0. The van der Waals surface area contributed by atoms with Crippen molar-refractivity contribution in [3.63, 3.8) is 0 Å². The van der Waals surface area contributed by atoms with E-state index in [0.717, 1.165) is 12.0 Å². The molecule has 0 aliphatic carbocycles. The van der Waals surface area contributed by atoms with Crippen molar-refractivity contribution in [3.05, 3.63) is 35.3 Å². The molecule has 2 heteroatoms. The highest BCUT2D eigenvalue weighted by Crippen LogP contribution is 2.39. The molecule has 0 aromatic carbocycles. The zero-order valence-electron chi connectivity index (χ0n) is 10.1. The summed E-state index contributed by atoms with van der Waals surface area (Å²) in [5, 5.41) is 0. The fraction of sp³-hybridized carbons (Fsp3) is 0.357. The number of nitrogens with zero attached hydrogens (tertiary/aromatic N) is 1. The molecule has 1 atom stereocenters. The van der Waals surface area contributed by atoms with Crippen LogP contribution in [0.3, 0.4) is 0 Å². The molecule has 0 spiro atoms. The van der Waals surface area contributed by atoms with Crippen LogP contribution in [0.2, 0.25) is 0 Å². The predicted octanol–water partition coefficient (Wildman–Crippen LogP) is 4.84. The van der Waals surface area contributed by atoms with E-state index in [2.05, 4.69) is 38.4 Å². The number of hydrogen-bond acceptors (Lipinski definition) is 2. The lowest BCUT2D eigenvalue weighted by atomic mass is 9.96. The second-order valence-electron chi connectivity index (χ2n) is 4.28. The molecule has 0 saturated carbocycles. The summed E-state index contributed by atoms with van der Waals surface area (Å²) in [5.41, 5.74) is 3.70. The maximum absolute atomic E-state index is 4.52. The van der Waals surface area contributed by atoms with Crippen LogP contribution in [-0.4, -0.2) is 4.98 Å². The lowest BCUT2D eigenvalue weighted by Crippen LogP contribution is -1.94. The Hall–Kier alpha value is -1.15. The molecule has 2 rings (SSSR count). The van der Waals surface area contributed by atoms with Crippen molar-refractivity contribution in [1.29, 1.82) is 0 Å². The molecular formula is C14H17NS. The van der Waals surface area contributed by atoms with E-state index in [4.69, 9.17) is 0 Å². The monoisotopic (exact) mass is 231 g/mol. The normalized spacial score (nSPS) is 12.9. The second kappa shape index (κ2) is 4.38. The van der Waals surface area contributed by atoms with E-state index in [-0.39, 0.29) is 0 Å². The minimum Gasteiger partial charge on any atom is -0.255 e. The number of hydrogen-bond donors (Lipinski definition) is 0. The van der Waals surface area contributed by atoms with Gasteiger partial charge in [-0.3, -0.25) is 4.98 Å². The van der Waals surface area contributed by atoms with Crippen molar-refractivity contribution >= 4 is 27.1 Å². The van der Waals surface area contributed by atoms with Crippen LogP contribution in [0.1, 0.15) is 43.6 Å². The van der Waals surface area contributed by atoms with E-state index < -0.39 is 0 Å². The number of thiophene rings is 1. The average molecular weight is 231 g/mol. The Morgan fingerprint density at radius 1 is 1.56 bits per heavy atom. The first-order chi connectivity index (χ1) is 7.65. The number of pyridine rings is 1. The summed E-state index contributed by atoms with van der Waals surface area (Å²) in [6.45, 7) is 10.6. The molecule has 1 nitrogen and oxygen atoms in total. The average Bonchev–Trinajstić information content (AvgIpc) is 2.67. The van der Waals surface area contributed by atoms with Gasteiger partial charge in [0.1, 0.15) is 0 Å². The third-order valence-electron chi connectivity index (χ3n) is 2.98. The van der Waals surface area contributed by atoms with Gasteiger partial charge in [-0.1, -0.05) is 20.4 Å². The van der Waals surface area contributed by atoms with Crippen molar-refractivity contribution in [2.75, 3.05) is 0 Å². The van der Waals surface area contributed by atoms with Gasteiger partial charge in [-0.25, -0.2) is 0 Å². The van der Waals surface area contributed by atoms with Crippen molar-refractivity contribution in [3.8, 4) is 0 Å². The van der Waals surface area contributed by atoms with E-state index in [9.17, 15) is 0 Å². The van der Waals surface area contributed by atoms with Crippen molar-refractivity contribution in [2.45, 2.75) is 33.1 Å². The van der Waals surface area contributed by atoms with Crippen LogP contribution < -0.4 is 0 Å². The molecule has 2 aromatic rings. The van der Waals surface area contributed by atoms with Crippen LogP contribution in [0, 0.1) is 0 Å². The van der Waals surface area contributed by atoms with Crippen molar-refractivity contribution < 1.29 is 0 Å². The third-order valence-corrected chi connectivity index (χ3v) is 4.30. The van der Waals surface area contributed by atoms with Gasteiger partial charge in [0, 0.05) is 11.1 Å². The highest BCUT2D eigenvalue weighted by molar-refractivity contribution is 7.20. The van der Waals surface area contributed by atoms with Gasteiger partial charge in [-0.15, -0.1) is 11.3 Å². The van der Waals surface area contributed by atoms with Gasteiger partial charge in [0.2, 0.25) is 0 Å². The van der Waals surface area contributed by atoms with Gasteiger partial charge in [0.25, 0.3) is 0 Å². The molecule has 2 heterocycles. The first-order valence-corrected chi connectivity index (χ1v) is 6.50. The molecule has 0 aliphatic rings. The minimum absolute atomic E-state index is 0.551. The first kappa shape index (κ1) is 11.3. The minimum atomic E-state index is 0.551.